The van der Waals surface area contributed by atoms with Gasteiger partial charge < -0.3 is 24.6 Å². The van der Waals surface area contributed by atoms with Gasteiger partial charge in [-0.05, 0) is 29.8 Å². The van der Waals surface area contributed by atoms with Gasteiger partial charge in [0.1, 0.15) is 6.10 Å². The summed E-state index contributed by atoms with van der Waals surface area (Å²) in [6, 6.07) is 13.0. The molecule has 1 unspecified atom stereocenters. The van der Waals surface area contributed by atoms with E-state index < -0.39 is 5.09 Å². The first kappa shape index (κ1) is 22.0. The van der Waals surface area contributed by atoms with Crippen molar-refractivity contribution in [2.45, 2.75) is 19.3 Å². The molecule has 1 heterocycles. The van der Waals surface area contributed by atoms with E-state index in [-0.39, 0.29) is 6.10 Å². The van der Waals surface area contributed by atoms with Gasteiger partial charge in [-0.3, -0.25) is 0 Å². The first-order valence-electron chi connectivity index (χ1n) is 7.93. The quantitative estimate of drug-likeness (QED) is 0.367. The van der Waals surface area contributed by atoms with Crippen molar-refractivity contribution in [3.63, 3.8) is 0 Å². The van der Waals surface area contributed by atoms with Crippen LogP contribution in [0.25, 0.3) is 0 Å². The van der Waals surface area contributed by atoms with Gasteiger partial charge in [-0.1, -0.05) is 53.0 Å². The second-order valence-electron chi connectivity index (χ2n) is 5.58. The number of imidazole rings is 1. The van der Waals surface area contributed by atoms with Crippen LogP contribution in [0.3, 0.4) is 0 Å². The maximum absolute atomic E-state index is 8.25. The Morgan fingerprint density at radius 2 is 1.71 bits per heavy atom. The van der Waals surface area contributed by atoms with E-state index in [9.17, 15) is 0 Å². The third kappa shape index (κ3) is 7.36. The van der Waals surface area contributed by atoms with Crippen LogP contribution in [-0.2, 0) is 17.9 Å². The molecule has 0 saturated carbocycles. The molecule has 0 bridgehead atoms. The van der Waals surface area contributed by atoms with Gasteiger partial charge >= 0.3 is 0 Å². The molecule has 0 amide bonds. The molecule has 0 aliphatic rings. The number of nitrogens with zero attached hydrogens (tertiary/aromatic N) is 3. The van der Waals surface area contributed by atoms with Crippen molar-refractivity contribution < 1.29 is 9.82 Å². The zero-order valence-electron chi connectivity index (χ0n) is 14.4. The van der Waals surface area contributed by atoms with Crippen LogP contribution in [0.5, 0.6) is 0 Å². The van der Waals surface area contributed by atoms with Crippen LogP contribution in [0.4, 0.5) is 0 Å². The van der Waals surface area contributed by atoms with Crippen molar-refractivity contribution in [3.05, 3.63) is 103 Å². The van der Waals surface area contributed by atoms with E-state index in [1.54, 1.807) is 18.6 Å². The van der Waals surface area contributed by atoms with Crippen LogP contribution in [-0.4, -0.2) is 14.6 Å². The molecule has 2 aromatic carbocycles. The summed E-state index contributed by atoms with van der Waals surface area (Å²) in [7, 11) is 0. The fourth-order valence-corrected chi connectivity index (χ4v) is 3.02. The van der Waals surface area contributed by atoms with Crippen molar-refractivity contribution in [1.82, 2.24) is 9.55 Å². The Balaban J connectivity index is 0.000000640. The monoisotopic (exact) mass is 442 g/mol. The summed E-state index contributed by atoms with van der Waals surface area (Å²) in [5.41, 5.74) is 1.93. The molecule has 0 aliphatic carbocycles. The van der Waals surface area contributed by atoms with E-state index >= 15 is 0 Å². The molecule has 0 aliphatic heterocycles. The summed E-state index contributed by atoms with van der Waals surface area (Å²) in [6.07, 6.45) is 5.16. The Kier molecular flexibility index (Phi) is 8.53. The van der Waals surface area contributed by atoms with Gasteiger partial charge in [-0.25, -0.2) is 4.98 Å². The number of aromatic nitrogens is 2. The molecule has 0 radical (unpaired) electrons. The highest BCUT2D eigenvalue weighted by molar-refractivity contribution is 6.35. The minimum atomic E-state index is -1.75. The van der Waals surface area contributed by atoms with Crippen LogP contribution < -0.4 is 0 Å². The van der Waals surface area contributed by atoms with Crippen LogP contribution in [0, 0.1) is 15.3 Å². The minimum Gasteiger partial charge on any atom is -0.367 e. The molecule has 7 nitrogen and oxygen atoms in total. The van der Waals surface area contributed by atoms with E-state index in [1.807, 2.05) is 47.2 Å². The van der Waals surface area contributed by atoms with Crippen LogP contribution in [0.1, 0.15) is 17.2 Å². The Labute approximate surface area is 176 Å². The highest BCUT2D eigenvalue weighted by Gasteiger charge is 2.17. The zero-order valence-corrected chi connectivity index (χ0v) is 16.6. The zero-order chi connectivity index (χ0) is 20.5. The molecule has 3 aromatic rings. The first-order valence-corrected chi connectivity index (χ1v) is 9.07. The van der Waals surface area contributed by atoms with E-state index in [4.69, 9.17) is 54.9 Å². The number of hydrogen-bond donors (Lipinski definition) is 0. The summed E-state index contributed by atoms with van der Waals surface area (Å²) < 4.78 is 8.08. The Bertz CT molecular complexity index is 886. The average molecular weight is 444 g/mol. The molecular weight excluding hydrogens is 429 g/mol. The first-order chi connectivity index (χ1) is 13.3. The SMILES string of the molecule is Clc1ccc(COC(Cn2ccnc2)c2ccc(Cl)cc2Cl)cc1.O=[N+]([O-])[O-]. The van der Waals surface area contributed by atoms with Gasteiger partial charge in [0.05, 0.1) is 24.6 Å². The van der Waals surface area contributed by atoms with Gasteiger partial charge in [0.2, 0.25) is 0 Å². The van der Waals surface area contributed by atoms with E-state index in [0.717, 1.165) is 11.1 Å². The normalized spacial score (nSPS) is 11.4. The standard InChI is InChI=1S/C18H15Cl3N2O.NO3/c19-14-3-1-13(2-4-14)11-24-18(10-23-8-7-22-12-23)16-6-5-15(20)9-17(16)21;2-1(3)4/h1-9,12,18H,10-11H2;/q;-1. The predicted molar refractivity (Wildman–Crippen MR) is 108 cm³/mol. The van der Waals surface area contributed by atoms with E-state index in [0.29, 0.717) is 28.2 Å². The lowest BCUT2D eigenvalue weighted by molar-refractivity contribution is -0.402. The van der Waals surface area contributed by atoms with Crippen molar-refractivity contribution >= 4 is 34.8 Å². The fraction of sp³-hybridized carbons (Fsp3) is 0.167. The van der Waals surface area contributed by atoms with Gasteiger partial charge in [0.15, 0.2) is 0 Å². The minimum absolute atomic E-state index is 0.223. The molecule has 148 valence electrons. The second-order valence-corrected chi connectivity index (χ2v) is 6.86. The predicted octanol–water partition coefficient (Wildman–Crippen LogP) is 5.56. The summed E-state index contributed by atoms with van der Waals surface area (Å²) in [5.74, 6) is 0. The molecule has 1 aromatic heterocycles. The highest BCUT2D eigenvalue weighted by Crippen LogP contribution is 2.30. The van der Waals surface area contributed by atoms with E-state index in [2.05, 4.69) is 4.98 Å². The molecular formula is C18H15Cl3N3O4-. The smallest absolute Gasteiger partial charge is 0.102 e. The summed E-state index contributed by atoms with van der Waals surface area (Å²) in [5, 5.41) is 16.6. The molecule has 0 saturated heterocycles. The van der Waals surface area contributed by atoms with Gasteiger partial charge in [-0.15, -0.1) is 0 Å². The fourth-order valence-electron chi connectivity index (χ4n) is 2.37. The maximum Gasteiger partial charge on any atom is 0.102 e. The molecule has 10 heteroatoms. The summed E-state index contributed by atoms with van der Waals surface area (Å²) in [4.78, 5) is 12.3. The average Bonchev–Trinajstić information content (AvgIpc) is 3.13. The third-order valence-corrected chi connectivity index (χ3v) is 4.42. The van der Waals surface area contributed by atoms with E-state index in [1.165, 1.54) is 0 Å². The maximum atomic E-state index is 8.25. The number of ether oxygens (including phenoxy) is 1. The molecule has 28 heavy (non-hydrogen) atoms. The van der Waals surface area contributed by atoms with Gasteiger partial charge in [0.25, 0.3) is 0 Å². The lowest BCUT2D eigenvalue weighted by Gasteiger charge is -2.20. The highest BCUT2D eigenvalue weighted by atomic mass is 35.5. The Morgan fingerprint density at radius 3 is 2.29 bits per heavy atom. The summed E-state index contributed by atoms with van der Waals surface area (Å²) in [6.45, 7) is 1.06. The van der Waals surface area contributed by atoms with Crippen molar-refractivity contribution in [1.29, 1.82) is 0 Å². The van der Waals surface area contributed by atoms with Crippen molar-refractivity contribution in [3.8, 4) is 0 Å². The molecule has 3 rings (SSSR count). The molecule has 0 spiro atoms. The second kappa shape index (κ2) is 10.9. The Morgan fingerprint density at radius 1 is 1.07 bits per heavy atom. The number of hydrogen-bond acceptors (Lipinski definition) is 5. The Hall–Kier alpha value is -2.32. The number of benzene rings is 2. The molecule has 0 N–H and O–H groups in total. The van der Waals surface area contributed by atoms with Crippen LogP contribution in [0.15, 0.2) is 61.2 Å². The lowest BCUT2D eigenvalue weighted by atomic mass is 10.1. The number of halogens is 3. The molecule has 1 atom stereocenters. The van der Waals surface area contributed by atoms with Gasteiger partial charge in [0, 0.05) is 33.0 Å². The lowest BCUT2D eigenvalue weighted by Crippen LogP contribution is -2.12. The van der Waals surface area contributed by atoms with Crippen molar-refractivity contribution in [2.24, 2.45) is 0 Å². The van der Waals surface area contributed by atoms with Crippen LogP contribution in [0.2, 0.25) is 15.1 Å². The molecule has 0 fully saturated rings. The van der Waals surface area contributed by atoms with Crippen LogP contribution >= 0.6 is 34.8 Å². The van der Waals surface area contributed by atoms with Gasteiger partial charge in [-0.2, -0.15) is 0 Å². The van der Waals surface area contributed by atoms with Crippen molar-refractivity contribution in [2.75, 3.05) is 0 Å². The summed E-state index contributed by atoms with van der Waals surface area (Å²) >= 11 is 18.3. The largest absolute Gasteiger partial charge is 0.367 e. The topological polar surface area (TPSA) is 93.2 Å². The third-order valence-electron chi connectivity index (χ3n) is 3.61. The number of rotatable bonds is 6.